The smallest absolute Gasteiger partial charge is 0.0947 e. The van der Waals surface area contributed by atoms with Gasteiger partial charge in [-0.2, -0.15) is 0 Å². The van der Waals surface area contributed by atoms with E-state index in [1.54, 1.807) is 0 Å². The first-order valence-corrected chi connectivity index (χ1v) is 10.3. The van der Waals surface area contributed by atoms with Gasteiger partial charge in [0.2, 0.25) is 0 Å². The summed E-state index contributed by atoms with van der Waals surface area (Å²) in [5, 5.41) is 11.6. The predicted molar refractivity (Wildman–Crippen MR) is 105 cm³/mol. The summed E-state index contributed by atoms with van der Waals surface area (Å²) in [4.78, 5) is 0. The summed E-state index contributed by atoms with van der Waals surface area (Å²) in [5.41, 5.74) is -0.560. The third kappa shape index (κ3) is 3.31. The lowest BCUT2D eigenvalue weighted by Gasteiger charge is -2.56. The Balaban J connectivity index is 3.21. The summed E-state index contributed by atoms with van der Waals surface area (Å²) in [6.07, 6.45) is 2.28. The van der Waals surface area contributed by atoms with E-state index in [9.17, 15) is 5.11 Å². The molecule has 0 aromatic rings. The third-order valence-electron chi connectivity index (χ3n) is 4.42. The lowest BCUT2D eigenvalue weighted by Crippen LogP contribution is -2.65. The fraction of sp³-hybridized carbons (Fsp3) is 1.00. The van der Waals surface area contributed by atoms with E-state index >= 15 is 0 Å². The average Bonchev–Trinajstić information content (AvgIpc) is 2.20. The summed E-state index contributed by atoms with van der Waals surface area (Å²) in [7, 11) is 0. The van der Waals surface area contributed by atoms with Crippen LogP contribution >= 0.6 is 67.8 Å². The van der Waals surface area contributed by atoms with Crippen molar-refractivity contribution in [2.45, 2.75) is 64.3 Å². The Kier molecular flexibility index (Phi) is 6.57. The number of aliphatic hydroxyl groups is 1. The minimum absolute atomic E-state index is 0.0251. The second-order valence-corrected chi connectivity index (χ2v) is 12.2. The molecule has 0 aromatic carbocycles. The maximum absolute atomic E-state index is 11.6. The van der Waals surface area contributed by atoms with Crippen LogP contribution in [-0.2, 0) is 0 Å². The van der Waals surface area contributed by atoms with Gasteiger partial charge in [0.1, 0.15) is 0 Å². The van der Waals surface area contributed by atoms with Gasteiger partial charge in [0.25, 0.3) is 0 Å². The highest BCUT2D eigenvalue weighted by molar-refractivity contribution is 14.1. The average molecular weight is 590 g/mol. The lowest BCUT2D eigenvalue weighted by atomic mass is 9.60. The molecule has 1 fully saturated rings. The van der Waals surface area contributed by atoms with E-state index < -0.39 is 5.60 Å². The SMILES string of the molecule is CC1CC(C(C)C)C(O)(C(I)C(C)I)C(C)(I)C1. The summed E-state index contributed by atoms with van der Waals surface area (Å²) >= 11 is 7.48. The highest BCUT2D eigenvalue weighted by atomic mass is 127. The van der Waals surface area contributed by atoms with E-state index in [1.807, 2.05) is 0 Å². The van der Waals surface area contributed by atoms with Gasteiger partial charge < -0.3 is 5.11 Å². The van der Waals surface area contributed by atoms with Crippen LogP contribution in [0.1, 0.15) is 47.5 Å². The molecular weight excluding hydrogens is 565 g/mol. The van der Waals surface area contributed by atoms with Crippen LogP contribution in [0.5, 0.6) is 0 Å². The first-order valence-electron chi connectivity index (χ1n) is 6.73. The summed E-state index contributed by atoms with van der Waals surface area (Å²) in [6, 6.07) is 0. The molecule has 18 heavy (non-hydrogen) atoms. The van der Waals surface area contributed by atoms with Gasteiger partial charge in [0.05, 0.1) is 9.53 Å². The molecule has 0 saturated heterocycles. The van der Waals surface area contributed by atoms with E-state index in [2.05, 4.69) is 102 Å². The molecule has 1 rings (SSSR count). The van der Waals surface area contributed by atoms with Crippen molar-refractivity contribution < 1.29 is 5.11 Å². The van der Waals surface area contributed by atoms with Gasteiger partial charge in [-0.05, 0) is 37.5 Å². The molecular formula is C14H25I3O. The van der Waals surface area contributed by atoms with Gasteiger partial charge in [-0.3, -0.25) is 0 Å². The summed E-state index contributed by atoms with van der Waals surface area (Å²) in [6.45, 7) is 11.3. The van der Waals surface area contributed by atoms with Crippen molar-refractivity contribution in [3.05, 3.63) is 0 Å². The summed E-state index contributed by atoms with van der Waals surface area (Å²) < 4.78 is 0.761. The van der Waals surface area contributed by atoms with Crippen LogP contribution in [-0.4, -0.2) is 22.0 Å². The number of halogens is 3. The Bertz CT molecular complexity index is 291. The largest absolute Gasteiger partial charge is 0.387 e. The molecule has 4 heteroatoms. The molecule has 6 atom stereocenters. The first kappa shape index (κ1) is 18.2. The van der Waals surface area contributed by atoms with Crippen molar-refractivity contribution in [1.82, 2.24) is 0 Å². The minimum atomic E-state index is -0.560. The van der Waals surface area contributed by atoms with Gasteiger partial charge in [-0.1, -0.05) is 95.5 Å². The maximum atomic E-state index is 11.6. The molecule has 1 N–H and O–H groups in total. The quantitative estimate of drug-likeness (QED) is 0.353. The van der Waals surface area contributed by atoms with Crippen molar-refractivity contribution >= 4 is 67.8 Å². The van der Waals surface area contributed by atoms with Crippen LogP contribution < -0.4 is 0 Å². The van der Waals surface area contributed by atoms with Crippen LogP contribution in [0.4, 0.5) is 0 Å². The summed E-state index contributed by atoms with van der Waals surface area (Å²) in [5.74, 6) is 1.66. The van der Waals surface area contributed by atoms with E-state index in [-0.39, 0.29) is 3.42 Å². The zero-order chi connectivity index (χ0) is 14.3. The van der Waals surface area contributed by atoms with Gasteiger partial charge in [-0.25, -0.2) is 0 Å². The second-order valence-electron chi connectivity index (χ2n) is 6.50. The molecule has 0 aliphatic heterocycles. The molecule has 0 amide bonds. The Labute approximate surface area is 153 Å². The van der Waals surface area contributed by atoms with Crippen LogP contribution in [0.3, 0.4) is 0 Å². The molecule has 0 spiro atoms. The van der Waals surface area contributed by atoms with E-state index in [0.717, 1.165) is 12.8 Å². The normalized spacial score (nSPS) is 45.0. The molecule has 1 saturated carbocycles. The molecule has 0 radical (unpaired) electrons. The van der Waals surface area contributed by atoms with Crippen molar-refractivity contribution in [3.63, 3.8) is 0 Å². The van der Waals surface area contributed by atoms with E-state index in [0.29, 0.717) is 25.6 Å². The van der Waals surface area contributed by atoms with E-state index in [1.165, 1.54) is 0 Å². The molecule has 0 heterocycles. The molecule has 1 aliphatic carbocycles. The highest BCUT2D eigenvalue weighted by Crippen LogP contribution is 2.55. The van der Waals surface area contributed by atoms with Crippen LogP contribution in [0.2, 0.25) is 0 Å². The number of alkyl halides is 3. The first-order chi connectivity index (χ1) is 8.04. The van der Waals surface area contributed by atoms with Gasteiger partial charge in [0, 0.05) is 7.35 Å². The van der Waals surface area contributed by atoms with Crippen LogP contribution in [0, 0.1) is 17.8 Å². The van der Waals surface area contributed by atoms with Crippen molar-refractivity contribution in [2.75, 3.05) is 0 Å². The van der Waals surface area contributed by atoms with E-state index in [4.69, 9.17) is 0 Å². The van der Waals surface area contributed by atoms with Gasteiger partial charge >= 0.3 is 0 Å². The fourth-order valence-corrected chi connectivity index (χ4v) is 7.30. The van der Waals surface area contributed by atoms with Crippen molar-refractivity contribution in [2.24, 2.45) is 17.8 Å². The van der Waals surface area contributed by atoms with Crippen LogP contribution in [0.15, 0.2) is 0 Å². The number of rotatable bonds is 3. The van der Waals surface area contributed by atoms with Gasteiger partial charge in [-0.15, -0.1) is 0 Å². The number of hydrogen-bond acceptors (Lipinski definition) is 1. The highest BCUT2D eigenvalue weighted by Gasteiger charge is 2.59. The zero-order valence-corrected chi connectivity index (χ0v) is 18.4. The lowest BCUT2D eigenvalue weighted by molar-refractivity contribution is -0.0910. The molecule has 6 unspecified atom stereocenters. The molecule has 1 aliphatic rings. The Hall–Kier alpha value is 2.15. The third-order valence-corrected chi connectivity index (χ3v) is 9.84. The maximum Gasteiger partial charge on any atom is 0.0947 e. The van der Waals surface area contributed by atoms with Crippen molar-refractivity contribution in [1.29, 1.82) is 0 Å². The zero-order valence-electron chi connectivity index (χ0n) is 11.9. The predicted octanol–water partition coefficient (Wildman–Crippen LogP) is 5.24. The minimum Gasteiger partial charge on any atom is -0.387 e. The molecule has 1 nitrogen and oxygen atoms in total. The Morgan fingerprint density at radius 3 is 2.11 bits per heavy atom. The molecule has 0 bridgehead atoms. The standard InChI is InChI=1S/C14H25I3O/c1-8(2)11-6-9(3)7-13(5,17)14(11,18)12(16)10(4)15/h8-12,18H,6-7H2,1-5H3. The van der Waals surface area contributed by atoms with Crippen LogP contribution in [0.25, 0.3) is 0 Å². The second kappa shape index (κ2) is 6.50. The Morgan fingerprint density at radius 1 is 1.22 bits per heavy atom. The van der Waals surface area contributed by atoms with Gasteiger partial charge in [0.15, 0.2) is 0 Å². The van der Waals surface area contributed by atoms with Crippen molar-refractivity contribution in [3.8, 4) is 0 Å². The number of hydrogen-bond donors (Lipinski definition) is 1. The fourth-order valence-electron chi connectivity index (χ4n) is 3.52. The molecule has 108 valence electrons. The monoisotopic (exact) mass is 590 g/mol. The molecule has 0 aromatic heterocycles. The topological polar surface area (TPSA) is 20.2 Å². The Morgan fingerprint density at radius 2 is 1.72 bits per heavy atom.